The van der Waals surface area contributed by atoms with E-state index in [2.05, 4.69) is 30.2 Å². The number of hydrogen-bond acceptors (Lipinski definition) is 3. The fourth-order valence-corrected chi connectivity index (χ4v) is 6.61. The van der Waals surface area contributed by atoms with Crippen molar-refractivity contribution in [3.63, 3.8) is 0 Å². The first-order valence-electron chi connectivity index (χ1n) is 9.88. The number of thiophene rings is 1. The molecule has 25 heavy (non-hydrogen) atoms. The number of hydrogen-bond donors (Lipinski definition) is 0. The zero-order valence-electron chi connectivity index (χ0n) is 15.4. The Bertz CT molecular complexity index is 661. The molecule has 0 saturated heterocycles. The normalized spacial score (nSPS) is 33.0. The van der Waals surface area contributed by atoms with Gasteiger partial charge in [0.05, 0.1) is 12.0 Å². The molecule has 1 amide bonds. The Morgan fingerprint density at radius 2 is 2.00 bits per heavy atom. The van der Waals surface area contributed by atoms with Crippen molar-refractivity contribution in [1.82, 2.24) is 4.90 Å². The van der Waals surface area contributed by atoms with Crippen LogP contribution in [0.4, 0.5) is 0 Å². The largest absolute Gasteiger partial charge is 0.337 e. The molecule has 4 saturated carbocycles. The van der Waals surface area contributed by atoms with Crippen LogP contribution in [0.3, 0.4) is 0 Å². The molecule has 0 radical (unpaired) electrons. The molecule has 1 heterocycles. The number of unbranched alkanes of at least 4 members (excludes halogenated alkanes) is 1. The van der Waals surface area contributed by atoms with E-state index >= 15 is 0 Å². The number of Topliss-reactive ketones (excluding diaryl/α,β-unsaturated/α-hetero) is 1. The molecule has 1 aromatic rings. The van der Waals surface area contributed by atoms with Crippen LogP contribution in [0.5, 0.6) is 0 Å². The third kappa shape index (κ3) is 2.97. The Balaban J connectivity index is 1.57. The predicted octanol–water partition coefficient (Wildman–Crippen LogP) is 4.58. The Labute approximate surface area is 154 Å². The lowest BCUT2D eigenvalue weighted by Gasteiger charge is -2.55. The molecule has 4 aliphatic rings. The maximum atomic E-state index is 13.7. The summed E-state index contributed by atoms with van der Waals surface area (Å²) in [6.45, 7) is 5.92. The van der Waals surface area contributed by atoms with Gasteiger partial charge in [0.2, 0.25) is 5.91 Å². The minimum Gasteiger partial charge on any atom is -0.337 e. The van der Waals surface area contributed by atoms with Crippen LogP contribution in [-0.4, -0.2) is 23.1 Å². The Morgan fingerprint density at radius 1 is 1.28 bits per heavy atom. The summed E-state index contributed by atoms with van der Waals surface area (Å²) in [7, 11) is 0. The SMILES string of the molecule is CCCCN(Cc1sccc1C)C(=O)C12CC3C[C@H](C1)C(=O)[C@@H](C3)C2. The lowest BCUT2D eigenvalue weighted by Crippen LogP contribution is -2.57. The number of amides is 1. The molecule has 2 unspecified atom stereocenters. The molecule has 4 bridgehead atoms. The van der Waals surface area contributed by atoms with Gasteiger partial charge in [-0.25, -0.2) is 0 Å². The highest BCUT2D eigenvalue weighted by atomic mass is 32.1. The molecule has 136 valence electrons. The molecule has 0 spiro atoms. The maximum absolute atomic E-state index is 13.7. The second-order valence-electron chi connectivity index (χ2n) is 8.63. The minimum atomic E-state index is -0.233. The van der Waals surface area contributed by atoms with Gasteiger partial charge in [-0.05, 0) is 68.4 Å². The second kappa shape index (κ2) is 6.53. The fraction of sp³-hybridized carbons (Fsp3) is 0.714. The molecule has 4 fully saturated rings. The van der Waals surface area contributed by atoms with Crippen molar-refractivity contribution in [2.24, 2.45) is 23.2 Å². The van der Waals surface area contributed by atoms with Crippen molar-refractivity contribution in [2.75, 3.05) is 6.54 Å². The van der Waals surface area contributed by atoms with Gasteiger partial charge in [-0.2, -0.15) is 0 Å². The molecule has 3 nitrogen and oxygen atoms in total. The van der Waals surface area contributed by atoms with Crippen molar-refractivity contribution in [3.8, 4) is 0 Å². The summed E-state index contributed by atoms with van der Waals surface area (Å²) in [5, 5.41) is 2.12. The van der Waals surface area contributed by atoms with Crippen molar-refractivity contribution < 1.29 is 9.59 Å². The van der Waals surface area contributed by atoms with Crippen molar-refractivity contribution in [3.05, 3.63) is 21.9 Å². The quantitative estimate of drug-likeness (QED) is 0.745. The van der Waals surface area contributed by atoms with Gasteiger partial charge >= 0.3 is 0 Å². The van der Waals surface area contributed by atoms with E-state index in [1.807, 2.05) is 0 Å². The monoisotopic (exact) mass is 359 g/mol. The smallest absolute Gasteiger partial charge is 0.229 e. The van der Waals surface area contributed by atoms with E-state index in [9.17, 15) is 9.59 Å². The number of rotatable bonds is 6. The lowest BCUT2D eigenvalue weighted by atomic mass is 9.48. The summed E-state index contributed by atoms with van der Waals surface area (Å²) >= 11 is 1.76. The lowest BCUT2D eigenvalue weighted by molar-refractivity contribution is -0.164. The third-order valence-corrected chi connectivity index (χ3v) is 7.83. The van der Waals surface area contributed by atoms with Crippen LogP contribution in [0.2, 0.25) is 0 Å². The van der Waals surface area contributed by atoms with Gasteiger partial charge in [0.15, 0.2) is 0 Å². The van der Waals surface area contributed by atoms with Crippen LogP contribution >= 0.6 is 11.3 Å². The van der Waals surface area contributed by atoms with Crippen LogP contribution in [0.15, 0.2) is 11.4 Å². The van der Waals surface area contributed by atoms with Gasteiger partial charge in [0, 0.05) is 23.3 Å². The fourth-order valence-electron chi connectivity index (χ4n) is 5.69. The maximum Gasteiger partial charge on any atom is 0.229 e. The van der Waals surface area contributed by atoms with Crippen LogP contribution in [-0.2, 0) is 16.1 Å². The van der Waals surface area contributed by atoms with E-state index in [1.165, 1.54) is 10.4 Å². The van der Waals surface area contributed by atoms with E-state index < -0.39 is 0 Å². The topological polar surface area (TPSA) is 37.4 Å². The summed E-state index contributed by atoms with van der Waals surface area (Å²) in [6.07, 6.45) is 6.92. The van der Waals surface area contributed by atoms with Crippen LogP contribution in [0.25, 0.3) is 0 Å². The summed E-state index contributed by atoms with van der Waals surface area (Å²) in [5.74, 6) is 1.77. The highest BCUT2D eigenvalue weighted by molar-refractivity contribution is 7.10. The van der Waals surface area contributed by atoms with Crippen molar-refractivity contribution >= 4 is 23.0 Å². The Kier molecular flexibility index (Phi) is 4.51. The van der Waals surface area contributed by atoms with Gasteiger partial charge in [-0.1, -0.05) is 13.3 Å². The molecule has 5 rings (SSSR count). The molecular weight excluding hydrogens is 330 g/mol. The highest BCUT2D eigenvalue weighted by Gasteiger charge is 2.58. The van der Waals surface area contributed by atoms with Crippen LogP contribution < -0.4 is 0 Å². The van der Waals surface area contributed by atoms with E-state index in [4.69, 9.17) is 0 Å². The van der Waals surface area contributed by atoms with Crippen molar-refractivity contribution in [2.45, 2.75) is 65.3 Å². The zero-order valence-corrected chi connectivity index (χ0v) is 16.2. The molecule has 4 heteroatoms. The van der Waals surface area contributed by atoms with Gasteiger partial charge in [0.1, 0.15) is 5.78 Å². The van der Waals surface area contributed by atoms with E-state index in [-0.39, 0.29) is 17.3 Å². The molecule has 1 aromatic heterocycles. The summed E-state index contributed by atoms with van der Waals surface area (Å²) < 4.78 is 0. The average Bonchev–Trinajstić information content (AvgIpc) is 2.99. The Morgan fingerprint density at radius 3 is 2.60 bits per heavy atom. The summed E-state index contributed by atoms with van der Waals surface area (Å²) in [6, 6.07) is 2.14. The molecule has 4 atom stereocenters. The molecule has 0 aliphatic heterocycles. The van der Waals surface area contributed by atoms with Gasteiger partial charge in [-0.15, -0.1) is 11.3 Å². The number of carbonyl (C=O) groups is 2. The third-order valence-electron chi connectivity index (χ3n) is 6.82. The van der Waals surface area contributed by atoms with Gasteiger partial charge in [-0.3, -0.25) is 9.59 Å². The highest BCUT2D eigenvalue weighted by Crippen LogP contribution is 2.59. The average molecular weight is 360 g/mol. The second-order valence-corrected chi connectivity index (χ2v) is 9.63. The van der Waals surface area contributed by atoms with E-state index in [1.54, 1.807) is 11.3 Å². The first-order chi connectivity index (χ1) is 12.0. The standard InChI is InChI=1S/C21H29NO2S/c1-3-4-6-22(13-18-14(2)5-7-25-18)20(24)21-10-15-8-16(11-21)19(23)17(9-15)12-21/h5,7,15-17H,3-4,6,8-13H2,1-2H3/t15?,16-,17+,21?. The number of aryl methyl sites for hydroxylation is 1. The van der Waals surface area contributed by atoms with E-state index in [0.717, 1.165) is 58.0 Å². The minimum absolute atomic E-state index is 0.173. The number of carbonyl (C=O) groups excluding carboxylic acids is 2. The molecule has 0 aromatic carbocycles. The molecular formula is C21H29NO2S. The van der Waals surface area contributed by atoms with Crippen molar-refractivity contribution in [1.29, 1.82) is 0 Å². The Hall–Kier alpha value is -1.16. The number of ketones is 1. The summed E-state index contributed by atoms with van der Waals surface area (Å²) in [5.41, 5.74) is 1.06. The predicted molar refractivity (Wildman–Crippen MR) is 100 cm³/mol. The molecule has 4 aliphatic carbocycles. The zero-order chi connectivity index (χ0) is 17.6. The van der Waals surface area contributed by atoms with Gasteiger partial charge in [0.25, 0.3) is 0 Å². The number of nitrogens with zero attached hydrogens (tertiary/aromatic N) is 1. The first kappa shape index (κ1) is 17.3. The summed E-state index contributed by atoms with van der Waals surface area (Å²) in [4.78, 5) is 29.6. The van der Waals surface area contributed by atoms with E-state index in [0.29, 0.717) is 17.6 Å². The molecule has 0 N–H and O–H groups in total. The van der Waals surface area contributed by atoms with Crippen LogP contribution in [0.1, 0.15) is 62.3 Å². The first-order valence-corrected chi connectivity index (χ1v) is 10.8. The van der Waals surface area contributed by atoms with Crippen LogP contribution in [0, 0.1) is 30.1 Å². The van der Waals surface area contributed by atoms with Gasteiger partial charge < -0.3 is 4.90 Å².